The highest BCUT2D eigenvalue weighted by Crippen LogP contribution is 2.30. The van der Waals surface area contributed by atoms with Gasteiger partial charge in [0, 0.05) is 6.42 Å². The zero-order valence-electron chi connectivity index (χ0n) is 50.6. The molecule has 0 saturated carbocycles. The summed E-state index contributed by atoms with van der Waals surface area (Å²) in [4.78, 5) is 13.2. The van der Waals surface area contributed by atoms with Crippen LogP contribution in [-0.2, 0) is 23.7 Å². The molecule has 0 radical (unpaired) electrons. The van der Waals surface area contributed by atoms with Gasteiger partial charge in [-0.15, -0.1) is 0 Å². The van der Waals surface area contributed by atoms with Crippen LogP contribution in [0, 0.1) is 0 Å². The summed E-state index contributed by atoms with van der Waals surface area (Å²) in [5.41, 5.74) is 0. The lowest BCUT2D eigenvalue weighted by atomic mass is 9.97. The third kappa shape index (κ3) is 35.9. The first-order valence-corrected chi connectivity index (χ1v) is 32.9. The van der Waals surface area contributed by atoms with Crippen LogP contribution in [0.25, 0.3) is 0 Å². The fraction of sp³-hybridized carbons (Fsp3) is 0.864. The Hall–Kier alpha value is -2.05. The highest BCUT2D eigenvalue weighted by molar-refractivity contribution is 5.76. The lowest BCUT2D eigenvalue weighted by Gasteiger charge is -2.46. The molecule has 2 aliphatic rings. The molecular formula is C66H121NO13. The lowest BCUT2D eigenvalue weighted by Crippen LogP contribution is -2.65. The SMILES string of the molecule is CCCCCCCC/C=C\CCCCCCCC(=O)NC(COC1OC(CO)C(OC2OC(CO)C(O)C(O)C2O)C(O)C1O)C(O)/C=C/CC/C=C/CC/C=C/CCCCCCCCCCCCCCCCCCCCCCC. The van der Waals surface area contributed by atoms with E-state index in [2.05, 4.69) is 55.6 Å². The van der Waals surface area contributed by atoms with Crippen LogP contribution in [0.5, 0.6) is 0 Å². The molecule has 12 unspecified atom stereocenters. The van der Waals surface area contributed by atoms with Crippen molar-refractivity contribution in [1.29, 1.82) is 0 Å². The largest absolute Gasteiger partial charge is 0.394 e. The van der Waals surface area contributed by atoms with Crippen LogP contribution in [0.15, 0.2) is 48.6 Å². The van der Waals surface area contributed by atoms with Crippen LogP contribution < -0.4 is 5.32 Å². The number of aliphatic hydroxyl groups excluding tert-OH is 8. The summed E-state index contributed by atoms with van der Waals surface area (Å²) < 4.78 is 22.8. The van der Waals surface area contributed by atoms with Crippen molar-refractivity contribution in [3.63, 3.8) is 0 Å². The van der Waals surface area contributed by atoms with Gasteiger partial charge in [0.25, 0.3) is 0 Å². The molecular weight excluding hydrogens is 1010 g/mol. The quantitative estimate of drug-likeness (QED) is 0.0204. The summed E-state index contributed by atoms with van der Waals surface area (Å²) in [6, 6.07) is -0.943. The van der Waals surface area contributed by atoms with E-state index in [0.29, 0.717) is 12.8 Å². The molecule has 0 aromatic carbocycles. The minimum absolute atomic E-state index is 0.259. The summed E-state index contributed by atoms with van der Waals surface area (Å²) in [5.74, 6) is -0.261. The summed E-state index contributed by atoms with van der Waals surface area (Å²) in [5, 5.41) is 87.1. The van der Waals surface area contributed by atoms with Gasteiger partial charge in [-0.1, -0.05) is 242 Å². The van der Waals surface area contributed by atoms with E-state index >= 15 is 0 Å². The highest BCUT2D eigenvalue weighted by Gasteiger charge is 2.51. The Balaban J connectivity index is 1.71. The number of unbranched alkanes of at least 4 members (excludes halogenated alkanes) is 34. The van der Waals surface area contributed by atoms with E-state index in [1.54, 1.807) is 6.08 Å². The number of hydrogen-bond acceptors (Lipinski definition) is 13. The maximum atomic E-state index is 13.2. The molecule has 0 aromatic rings. The third-order valence-corrected chi connectivity index (χ3v) is 16.0. The highest BCUT2D eigenvalue weighted by atomic mass is 16.7. The standard InChI is InChI=1S/C66H121NO13/c1-3-5-7-9-11-13-15-17-19-20-21-22-23-24-25-26-27-28-29-30-31-32-33-34-36-37-39-41-43-45-47-49-55(70)54(67-58(71)50-48-46-44-42-40-38-35-18-16-14-12-10-8-6-4-2)53-77-65-63(76)61(74)64(57(52-69)79-65)80-66-62(75)60(73)59(72)56(51-68)78-66/h18,33-35,39,41,47,49,54-57,59-66,68-70,72-76H,3-17,19-32,36-38,40,42-46,48,50-53H2,1-2H3,(H,67,71)/b34-33+,35-18-,41-39+,49-47+. The van der Waals surface area contributed by atoms with Crippen molar-refractivity contribution < 1.29 is 64.6 Å². The van der Waals surface area contributed by atoms with Gasteiger partial charge in [-0.05, 0) is 70.6 Å². The van der Waals surface area contributed by atoms with Crippen molar-refractivity contribution in [2.24, 2.45) is 0 Å². The lowest BCUT2D eigenvalue weighted by molar-refractivity contribution is -0.359. The number of rotatable bonds is 53. The normalized spacial score (nSPS) is 24.5. The second-order valence-electron chi connectivity index (χ2n) is 23.2. The van der Waals surface area contributed by atoms with E-state index in [0.717, 1.165) is 64.2 Å². The molecule has 12 atom stereocenters. The fourth-order valence-electron chi connectivity index (χ4n) is 10.7. The number of nitrogens with one attached hydrogen (secondary N) is 1. The Morgan fingerprint density at radius 2 is 0.800 bits per heavy atom. The minimum atomic E-state index is -1.79. The van der Waals surface area contributed by atoms with Crippen LogP contribution in [-0.4, -0.2) is 140 Å². The summed E-state index contributed by atoms with van der Waals surface area (Å²) in [7, 11) is 0. The molecule has 2 saturated heterocycles. The van der Waals surface area contributed by atoms with E-state index in [9.17, 15) is 45.6 Å². The van der Waals surface area contributed by atoms with Gasteiger partial charge in [-0.25, -0.2) is 0 Å². The van der Waals surface area contributed by atoms with Crippen molar-refractivity contribution in [3.8, 4) is 0 Å². The Morgan fingerprint density at radius 1 is 0.438 bits per heavy atom. The van der Waals surface area contributed by atoms with Gasteiger partial charge in [-0.3, -0.25) is 4.79 Å². The molecule has 2 rings (SSSR count). The number of amides is 1. The molecule has 1 amide bonds. The van der Waals surface area contributed by atoms with Crippen LogP contribution in [0.1, 0.15) is 271 Å². The third-order valence-electron chi connectivity index (χ3n) is 16.0. The van der Waals surface area contributed by atoms with Gasteiger partial charge >= 0.3 is 0 Å². The van der Waals surface area contributed by atoms with Gasteiger partial charge in [0.15, 0.2) is 12.6 Å². The Morgan fingerprint density at radius 3 is 1.23 bits per heavy atom. The predicted molar refractivity (Wildman–Crippen MR) is 323 cm³/mol. The van der Waals surface area contributed by atoms with E-state index in [4.69, 9.17) is 18.9 Å². The van der Waals surface area contributed by atoms with E-state index in [-0.39, 0.29) is 18.9 Å². The van der Waals surface area contributed by atoms with Crippen LogP contribution in [0.2, 0.25) is 0 Å². The van der Waals surface area contributed by atoms with E-state index < -0.39 is 86.8 Å². The van der Waals surface area contributed by atoms with Gasteiger partial charge in [0.05, 0.1) is 32.0 Å². The molecule has 14 heteroatoms. The summed E-state index contributed by atoms with van der Waals surface area (Å²) >= 11 is 0. The number of aliphatic hydroxyl groups is 8. The van der Waals surface area contributed by atoms with Crippen LogP contribution in [0.4, 0.5) is 0 Å². The van der Waals surface area contributed by atoms with Gasteiger partial charge < -0.3 is 65.1 Å². The Kier molecular flexibility index (Phi) is 47.6. The van der Waals surface area contributed by atoms with E-state index in [1.807, 2.05) is 6.08 Å². The zero-order valence-corrected chi connectivity index (χ0v) is 50.6. The molecule has 0 bridgehead atoms. The number of ether oxygens (including phenoxy) is 4. The van der Waals surface area contributed by atoms with Crippen molar-refractivity contribution in [2.45, 2.75) is 344 Å². The first-order chi connectivity index (χ1) is 39.1. The maximum Gasteiger partial charge on any atom is 0.220 e. The molecule has 0 aromatic heterocycles. The van der Waals surface area contributed by atoms with Crippen molar-refractivity contribution in [2.75, 3.05) is 19.8 Å². The van der Waals surface area contributed by atoms with Gasteiger partial charge in [-0.2, -0.15) is 0 Å². The molecule has 2 aliphatic heterocycles. The van der Waals surface area contributed by atoms with Crippen LogP contribution in [0.3, 0.4) is 0 Å². The number of allylic oxidation sites excluding steroid dienone is 7. The summed E-state index contributed by atoms with van der Waals surface area (Å²) in [6.45, 7) is 2.78. The van der Waals surface area contributed by atoms with Gasteiger partial charge in [0.2, 0.25) is 5.91 Å². The predicted octanol–water partition coefficient (Wildman–Crippen LogP) is 12.3. The van der Waals surface area contributed by atoms with Crippen LogP contribution >= 0.6 is 0 Å². The van der Waals surface area contributed by atoms with Crippen molar-refractivity contribution in [1.82, 2.24) is 5.32 Å². The molecule has 2 fully saturated rings. The summed E-state index contributed by atoms with van der Waals surface area (Å²) in [6.07, 6.45) is 48.9. The molecule has 0 aliphatic carbocycles. The molecule has 0 spiro atoms. The zero-order chi connectivity index (χ0) is 58.1. The molecule has 9 N–H and O–H groups in total. The number of carbonyl (C=O) groups excluding carboxylic acids is 1. The average molecular weight is 1140 g/mol. The molecule has 468 valence electrons. The van der Waals surface area contributed by atoms with E-state index in [1.165, 1.54) is 173 Å². The topological polar surface area (TPSA) is 228 Å². The van der Waals surface area contributed by atoms with Gasteiger partial charge in [0.1, 0.15) is 48.8 Å². The second-order valence-corrected chi connectivity index (χ2v) is 23.2. The average Bonchev–Trinajstić information content (AvgIpc) is 3.46. The monoisotopic (exact) mass is 1140 g/mol. The number of hydrogen-bond donors (Lipinski definition) is 9. The minimum Gasteiger partial charge on any atom is -0.394 e. The number of carbonyl (C=O) groups is 1. The fourth-order valence-corrected chi connectivity index (χ4v) is 10.7. The molecule has 2 heterocycles. The second kappa shape index (κ2) is 51.4. The van der Waals surface area contributed by atoms with Crippen molar-refractivity contribution in [3.05, 3.63) is 48.6 Å². The van der Waals surface area contributed by atoms with Crippen molar-refractivity contribution >= 4 is 5.91 Å². The Bertz CT molecular complexity index is 1530. The maximum absolute atomic E-state index is 13.2. The molecule has 80 heavy (non-hydrogen) atoms. The Labute approximate surface area is 486 Å². The molecule has 14 nitrogen and oxygen atoms in total. The first kappa shape index (κ1) is 74.1. The smallest absolute Gasteiger partial charge is 0.220 e. The first-order valence-electron chi connectivity index (χ1n) is 32.9.